The summed E-state index contributed by atoms with van der Waals surface area (Å²) in [6, 6.07) is 10.3. The minimum Gasteiger partial charge on any atom is -0.495 e. The van der Waals surface area contributed by atoms with Gasteiger partial charge in [-0.2, -0.15) is 0 Å². The van der Waals surface area contributed by atoms with Crippen LogP contribution in [0.5, 0.6) is 0 Å². The van der Waals surface area contributed by atoms with Crippen LogP contribution in [0.2, 0.25) is 0 Å². The fourth-order valence-corrected chi connectivity index (χ4v) is 5.09. The summed E-state index contributed by atoms with van der Waals surface area (Å²) in [4.78, 5) is 17.1. The molecule has 5 rings (SSSR count). The average molecular weight is 505 g/mol. The number of allylic oxidation sites excluding steroid dienone is 6. The number of nitrogens with one attached hydrogen (secondary N) is 1. The smallest absolute Gasteiger partial charge is 0.288 e. The molecule has 2 aliphatic carbocycles. The van der Waals surface area contributed by atoms with Gasteiger partial charge in [-0.3, -0.25) is 9.78 Å². The highest BCUT2D eigenvalue weighted by Crippen LogP contribution is 2.46. The average Bonchev–Trinajstić information content (AvgIpc) is 3.49. The highest BCUT2D eigenvalue weighted by Gasteiger charge is 2.49. The zero-order valence-electron chi connectivity index (χ0n) is 21.0. The van der Waals surface area contributed by atoms with Crippen LogP contribution in [0.25, 0.3) is 5.57 Å². The summed E-state index contributed by atoms with van der Waals surface area (Å²) in [6.45, 7) is 3.17. The van der Waals surface area contributed by atoms with Crippen LogP contribution in [0.3, 0.4) is 0 Å². The normalized spacial score (nSPS) is 19.9. The third-order valence-electron chi connectivity index (χ3n) is 6.90. The Kier molecular flexibility index (Phi) is 6.95. The number of amides is 1. The van der Waals surface area contributed by atoms with Gasteiger partial charge in [0, 0.05) is 18.5 Å². The van der Waals surface area contributed by atoms with Gasteiger partial charge in [0.15, 0.2) is 11.5 Å². The van der Waals surface area contributed by atoms with E-state index in [1.54, 1.807) is 26.5 Å². The number of hydrogen-bond donors (Lipinski definition) is 1. The molecule has 0 bridgehead atoms. The predicted molar refractivity (Wildman–Crippen MR) is 135 cm³/mol. The van der Waals surface area contributed by atoms with Crippen molar-refractivity contribution in [1.82, 2.24) is 10.3 Å². The Balaban J connectivity index is 1.46. The lowest BCUT2D eigenvalue weighted by molar-refractivity contribution is -0.150. The third kappa shape index (κ3) is 4.70. The maximum atomic E-state index is 14.3. The molecule has 1 unspecified atom stereocenters. The molecule has 37 heavy (non-hydrogen) atoms. The number of methoxy groups -OCH3 is 2. The minimum absolute atomic E-state index is 0.127. The van der Waals surface area contributed by atoms with Crippen molar-refractivity contribution in [2.45, 2.75) is 31.6 Å². The lowest BCUT2D eigenvalue weighted by Crippen LogP contribution is -2.38. The molecule has 2 heterocycles. The van der Waals surface area contributed by atoms with Crippen LogP contribution in [0, 0.1) is 5.82 Å². The van der Waals surface area contributed by atoms with Crippen molar-refractivity contribution in [3.63, 3.8) is 0 Å². The number of benzene rings is 1. The first-order valence-corrected chi connectivity index (χ1v) is 12.1. The largest absolute Gasteiger partial charge is 0.495 e. The van der Waals surface area contributed by atoms with Gasteiger partial charge in [0.1, 0.15) is 5.82 Å². The zero-order valence-corrected chi connectivity index (χ0v) is 21.0. The van der Waals surface area contributed by atoms with Crippen LogP contribution in [0.4, 0.5) is 4.39 Å². The van der Waals surface area contributed by atoms with Gasteiger partial charge in [0.2, 0.25) is 5.91 Å². The van der Waals surface area contributed by atoms with Crippen LogP contribution in [-0.2, 0) is 30.3 Å². The van der Waals surface area contributed by atoms with Gasteiger partial charge in [-0.05, 0) is 71.7 Å². The van der Waals surface area contributed by atoms with E-state index in [1.807, 2.05) is 43.4 Å². The van der Waals surface area contributed by atoms with Crippen LogP contribution in [0.1, 0.15) is 36.1 Å². The first kappa shape index (κ1) is 24.9. The van der Waals surface area contributed by atoms with Crippen molar-refractivity contribution >= 4 is 11.5 Å². The van der Waals surface area contributed by atoms with Gasteiger partial charge >= 0.3 is 0 Å². The van der Waals surface area contributed by atoms with E-state index >= 15 is 0 Å². The molecule has 1 saturated heterocycles. The molecule has 3 aliphatic rings. The highest BCUT2D eigenvalue weighted by atomic mass is 19.1. The van der Waals surface area contributed by atoms with E-state index in [-0.39, 0.29) is 24.1 Å². The second kappa shape index (κ2) is 10.3. The number of fused-ring (bicyclic) bond motifs is 1. The number of aromatic nitrogens is 1. The number of hydrogen-bond acceptors (Lipinski definition) is 6. The fourth-order valence-electron chi connectivity index (χ4n) is 5.09. The van der Waals surface area contributed by atoms with Crippen molar-refractivity contribution in [1.29, 1.82) is 0 Å². The number of halogens is 1. The third-order valence-corrected chi connectivity index (χ3v) is 6.90. The van der Waals surface area contributed by atoms with Crippen LogP contribution in [-0.4, -0.2) is 44.1 Å². The molecule has 1 aromatic heterocycles. The van der Waals surface area contributed by atoms with Gasteiger partial charge in [0.05, 0.1) is 39.7 Å². The molecule has 1 fully saturated rings. The molecule has 8 heteroatoms. The molecule has 1 spiro atoms. The van der Waals surface area contributed by atoms with Crippen molar-refractivity contribution < 1.29 is 28.1 Å². The predicted octanol–water partition coefficient (Wildman–Crippen LogP) is 4.54. The van der Waals surface area contributed by atoms with E-state index in [0.717, 1.165) is 33.5 Å². The number of carbonyl (C=O) groups excluding carboxylic acids is 1. The molecule has 7 nitrogen and oxygen atoms in total. The Morgan fingerprint density at radius 3 is 2.54 bits per heavy atom. The van der Waals surface area contributed by atoms with Crippen LogP contribution < -0.4 is 5.32 Å². The molecular formula is C29H29FN2O5. The van der Waals surface area contributed by atoms with Crippen molar-refractivity contribution in [2.75, 3.05) is 27.4 Å². The lowest BCUT2D eigenvalue weighted by Gasteiger charge is -2.32. The van der Waals surface area contributed by atoms with E-state index in [1.165, 1.54) is 12.1 Å². The second-order valence-electron chi connectivity index (χ2n) is 9.07. The molecule has 192 valence electrons. The summed E-state index contributed by atoms with van der Waals surface area (Å²) >= 11 is 0. The Bertz CT molecular complexity index is 1300. The van der Waals surface area contributed by atoms with E-state index in [2.05, 4.69) is 10.3 Å². The van der Waals surface area contributed by atoms with Crippen molar-refractivity contribution in [3.05, 3.63) is 106 Å². The summed E-state index contributed by atoms with van der Waals surface area (Å²) < 4.78 is 37.3. The zero-order chi connectivity index (χ0) is 26.0. The first-order valence-electron chi connectivity index (χ1n) is 12.1. The molecule has 1 atom stereocenters. The standard InChI is InChI=1S/C29H29FN2O5/c1-18-23(12-19-13-26(34-2)29(27(14-19)35-3)36-10-11-37-29)22-8-7-20(30)15-25(22)24(18)16-28(33)32-17-21-6-4-5-9-31-21/h4-9,12-15,24H,10-11,16-17H2,1-3H3,(H,32,33). The van der Waals surface area contributed by atoms with Crippen molar-refractivity contribution in [2.24, 2.45) is 0 Å². The summed E-state index contributed by atoms with van der Waals surface area (Å²) in [5.74, 6) is -0.937. The molecule has 0 saturated carbocycles. The number of pyridine rings is 1. The second-order valence-corrected chi connectivity index (χ2v) is 9.07. The van der Waals surface area contributed by atoms with Gasteiger partial charge in [-0.25, -0.2) is 4.39 Å². The van der Waals surface area contributed by atoms with Crippen molar-refractivity contribution in [3.8, 4) is 0 Å². The van der Waals surface area contributed by atoms with Crippen LogP contribution >= 0.6 is 0 Å². The monoisotopic (exact) mass is 504 g/mol. The first-order chi connectivity index (χ1) is 17.9. The lowest BCUT2D eigenvalue weighted by atomic mass is 9.92. The quantitative estimate of drug-likeness (QED) is 0.597. The Morgan fingerprint density at radius 2 is 1.89 bits per heavy atom. The highest BCUT2D eigenvalue weighted by molar-refractivity contribution is 5.88. The summed E-state index contributed by atoms with van der Waals surface area (Å²) in [7, 11) is 3.12. The number of nitrogens with zero attached hydrogens (tertiary/aromatic N) is 1. The molecule has 1 aromatic carbocycles. The maximum Gasteiger partial charge on any atom is 0.288 e. The van der Waals surface area contributed by atoms with E-state index in [0.29, 0.717) is 31.3 Å². The number of rotatable bonds is 7. The fraction of sp³-hybridized carbons (Fsp3) is 0.310. The topological polar surface area (TPSA) is 78.9 Å². The number of ether oxygens (including phenoxy) is 4. The molecule has 2 aromatic rings. The SMILES string of the molecule is COC1=CC(=CC2=C(C)C(CC(=O)NCc3ccccn3)c3cc(F)ccc32)C=C(OC)C12OCCO2. The molecular weight excluding hydrogens is 475 g/mol. The molecule has 1 N–H and O–H groups in total. The Hall–Kier alpha value is -3.75. The van der Waals surface area contributed by atoms with Gasteiger partial charge in [0.25, 0.3) is 5.79 Å². The van der Waals surface area contributed by atoms with Crippen LogP contribution in [0.15, 0.2) is 83.5 Å². The Morgan fingerprint density at radius 1 is 1.16 bits per heavy atom. The van der Waals surface area contributed by atoms with Gasteiger partial charge in [-0.15, -0.1) is 0 Å². The minimum atomic E-state index is -1.19. The van der Waals surface area contributed by atoms with E-state index in [4.69, 9.17) is 18.9 Å². The molecule has 0 radical (unpaired) electrons. The summed E-state index contributed by atoms with van der Waals surface area (Å²) in [6.07, 6.45) is 7.59. The van der Waals surface area contributed by atoms with Gasteiger partial charge < -0.3 is 24.3 Å². The summed E-state index contributed by atoms with van der Waals surface area (Å²) in [5, 5.41) is 2.93. The summed E-state index contributed by atoms with van der Waals surface area (Å²) in [5.41, 5.74) is 5.17. The van der Waals surface area contributed by atoms with E-state index in [9.17, 15) is 9.18 Å². The maximum absolute atomic E-state index is 14.3. The molecule has 1 amide bonds. The van der Waals surface area contributed by atoms with Gasteiger partial charge in [-0.1, -0.05) is 17.7 Å². The molecule has 1 aliphatic heterocycles. The number of carbonyl (C=O) groups is 1. The van der Waals surface area contributed by atoms with E-state index < -0.39 is 5.79 Å². The Labute approximate surface area is 215 Å².